The number of carboxylic acids is 1. The predicted octanol–water partition coefficient (Wildman–Crippen LogP) is 5.85. The highest BCUT2D eigenvalue weighted by molar-refractivity contribution is 5.73. The molecule has 0 aliphatic heterocycles. The zero-order valence-corrected chi connectivity index (χ0v) is 15.2. The number of ether oxygens (including phenoxy) is 3. The van der Waals surface area contributed by atoms with E-state index in [1.807, 2.05) is 0 Å². The van der Waals surface area contributed by atoms with Crippen molar-refractivity contribution in [2.45, 2.75) is 60.8 Å². The van der Waals surface area contributed by atoms with E-state index in [4.69, 9.17) is 5.11 Å². The second kappa shape index (κ2) is 9.05. The summed E-state index contributed by atoms with van der Waals surface area (Å²) in [6, 6.07) is 0. The van der Waals surface area contributed by atoms with Crippen LogP contribution in [0.25, 0.3) is 0 Å². The standard InChI is InChI=1S/C11H2F20O5/c12-1(3(13,14)15)4(16,17)35-10(28,29)7(21,9(25,26)27)36-11(30,31)6(20,8(22,23)24)34-5(18,19)2(32)33/h1H,(H,32,33). The second-order valence-corrected chi connectivity index (χ2v) is 5.81. The Morgan fingerprint density at radius 1 is 0.556 bits per heavy atom. The molecular formula is C11H2F20O5. The van der Waals surface area contributed by atoms with Crippen molar-refractivity contribution in [1.82, 2.24) is 0 Å². The van der Waals surface area contributed by atoms with Crippen LogP contribution >= 0.6 is 0 Å². The van der Waals surface area contributed by atoms with E-state index in [9.17, 15) is 92.6 Å². The first-order chi connectivity index (χ1) is 15.2. The van der Waals surface area contributed by atoms with Crippen LogP contribution in [0.1, 0.15) is 0 Å². The van der Waals surface area contributed by atoms with Crippen LogP contribution in [0, 0.1) is 0 Å². The van der Waals surface area contributed by atoms with E-state index in [0.29, 0.717) is 0 Å². The molecule has 1 N–H and O–H groups in total. The number of carbonyl (C=O) groups is 1. The predicted molar refractivity (Wildman–Crippen MR) is 61.4 cm³/mol. The highest BCUT2D eigenvalue weighted by atomic mass is 19.4. The van der Waals surface area contributed by atoms with E-state index >= 15 is 0 Å². The third-order valence-electron chi connectivity index (χ3n) is 3.11. The van der Waals surface area contributed by atoms with Crippen molar-refractivity contribution in [3.63, 3.8) is 0 Å². The molecule has 0 aromatic carbocycles. The van der Waals surface area contributed by atoms with E-state index in [0.717, 1.165) is 0 Å². The van der Waals surface area contributed by atoms with E-state index in [1.54, 1.807) is 0 Å². The van der Waals surface area contributed by atoms with Gasteiger partial charge in [0.05, 0.1) is 0 Å². The molecule has 5 nitrogen and oxygen atoms in total. The molecule has 0 spiro atoms. The summed E-state index contributed by atoms with van der Waals surface area (Å²) < 4.78 is 261. The lowest BCUT2D eigenvalue weighted by atomic mass is 10.2. The third-order valence-corrected chi connectivity index (χ3v) is 3.11. The van der Waals surface area contributed by atoms with Gasteiger partial charge in [-0.1, -0.05) is 0 Å². The summed E-state index contributed by atoms with van der Waals surface area (Å²) in [5.41, 5.74) is 0. The van der Waals surface area contributed by atoms with Crippen LogP contribution in [-0.2, 0) is 19.0 Å². The smallest absolute Gasteiger partial charge is 0.459 e. The Balaban J connectivity index is 6.87. The number of rotatable bonds is 10. The number of aliphatic carboxylic acids is 1. The van der Waals surface area contributed by atoms with E-state index in [2.05, 4.69) is 0 Å². The molecule has 0 amide bonds. The summed E-state index contributed by atoms with van der Waals surface area (Å²) in [6.45, 7) is 0. The lowest BCUT2D eigenvalue weighted by Crippen LogP contribution is -2.69. The maximum absolute atomic E-state index is 13.8. The van der Waals surface area contributed by atoms with Gasteiger partial charge >= 0.3 is 60.6 Å². The number of hydrogen-bond donors (Lipinski definition) is 1. The first-order valence-electron chi connectivity index (χ1n) is 7.29. The number of hydrogen-bond acceptors (Lipinski definition) is 4. The summed E-state index contributed by atoms with van der Waals surface area (Å²) in [7, 11) is 0. The van der Waals surface area contributed by atoms with Gasteiger partial charge < -0.3 is 5.11 Å². The minimum absolute atomic E-state index is 1.20. The molecule has 0 bridgehead atoms. The second-order valence-electron chi connectivity index (χ2n) is 5.81. The minimum atomic E-state index is -8.36. The van der Waals surface area contributed by atoms with Crippen molar-refractivity contribution in [2.24, 2.45) is 0 Å². The fraction of sp³-hybridized carbons (Fsp3) is 0.909. The molecule has 0 heterocycles. The Bertz CT molecular complexity index is 799. The third kappa shape index (κ3) is 6.25. The Kier molecular flexibility index (Phi) is 8.54. The highest BCUT2D eigenvalue weighted by Crippen LogP contribution is 2.57. The molecule has 0 rings (SSSR count). The van der Waals surface area contributed by atoms with Gasteiger partial charge in [-0.05, 0) is 0 Å². The van der Waals surface area contributed by atoms with Crippen LogP contribution in [0.3, 0.4) is 0 Å². The first-order valence-corrected chi connectivity index (χ1v) is 7.29. The molecule has 0 saturated carbocycles. The number of carboxylic acid groups (broad SMARTS) is 1. The van der Waals surface area contributed by atoms with Crippen molar-refractivity contribution < 1.29 is 112 Å². The van der Waals surface area contributed by atoms with Crippen molar-refractivity contribution >= 4 is 5.97 Å². The van der Waals surface area contributed by atoms with Crippen LogP contribution in [0.5, 0.6) is 0 Å². The van der Waals surface area contributed by atoms with Crippen molar-refractivity contribution in [2.75, 3.05) is 0 Å². The molecule has 0 aromatic rings. The van der Waals surface area contributed by atoms with Gasteiger partial charge in [0.15, 0.2) is 0 Å². The van der Waals surface area contributed by atoms with Gasteiger partial charge in [0, 0.05) is 0 Å². The molecule has 0 fully saturated rings. The molecule has 0 aromatic heterocycles. The van der Waals surface area contributed by atoms with Crippen LogP contribution in [0.15, 0.2) is 0 Å². The minimum Gasteiger partial charge on any atom is -0.475 e. The van der Waals surface area contributed by atoms with Crippen LogP contribution in [-0.4, -0.2) is 71.9 Å². The topological polar surface area (TPSA) is 65.0 Å². The van der Waals surface area contributed by atoms with E-state index in [1.165, 1.54) is 14.2 Å². The van der Waals surface area contributed by atoms with Crippen molar-refractivity contribution in [3.05, 3.63) is 0 Å². The fourth-order valence-corrected chi connectivity index (χ4v) is 1.51. The molecule has 0 radical (unpaired) electrons. The zero-order chi connectivity index (χ0) is 29.8. The van der Waals surface area contributed by atoms with Gasteiger partial charge in [-0.15, -0.1) is 0 Å². The molecule has 0 saturated heterocycles. The molecule has 3 atom stereocenters. The van der Waals surface area contributed by atoms with Gasteiger partial charge in [-0.2, -0.15) is 83.4 Å². The summed E-state index contributed by atoms with van der Waals surface area (Å²) >= 11 is 0. The van der Waals surface area contributed by atoms with Crippen molar-refractivity contribution in [1.29, 1.82) is 0 Å². The monoisotopic (exact) mass is 594 g/mol. The Morgan fingerprint density at radius 3 is 1.14 bits per heavy atom. The largest absolute Gasteiger partial charge is 0.475 e. The van der Waals surface area contributed by atoms with Gasteiger partial charge in [-0.25, -0.2) is 13.9 Å². The molecule has 36 heavy (non-hydrogen) atoms. The van der Waals surface area contributed by atoms with E-state index < -0.39 is 66.8 Å². The summed E-state index contributed by atoms with van der Waals surface area (Å²) in [6.07, 6.45) is -60.0. The van der Waals surface area contributed by atoms with Gasteiger partial charge in [-0.3, -0.25) is 9.47 Å². The summed E-state index contributed by atoms with van der Waals surface area (Å²) in [5.74, 6) is -20.5. The lowest BCUT2D eigenvalue weighted by molar-refractivity contribution is -0.569. The first kappa shape index (κ1) is 33.9. The van der Waals surface area contributed by atoms with Crippen LogP contribution < -0.4 is 0 Å². The Hall–Kier alpha value is -2.05. The van der Waals surface area contributed by atoms with Gasteiger partial charge in [0.2, 0.25) is 0 Å². The normalized spacial score (nSPS) is 19.4. The molecule has 25 heteroatoms. The highest BCUT2D eigenvalue weighted by Gasteiger charge is 2.86. The zero-order valence-electron chi connectivity index (χ0n) is 15.2. The maximum atomic E-state index is 13.8. The molecule has 0 aliphatic carbocycles. The lowest BCUT2D eigenvalue weighted by Gasteiger charge is -2.41. The number of halogens is 20. The SMILES string of the molecule is O=C(O)C(F)(F)OC(F)(C(F)(F)F)C(F)(F)OC(F)(C(F)(F)F)C(F)(F)OC(F)(F)C(F)C(F)(F)F. The molecule has 0 aliphatic rings. The fourth-order valence-electron chi connectivity index (χ4n) is 1.51. The van der Waals surface area contributed by atoms with E-state index in [-0.39, 0.29) is 0 Å². The average molecular weight is 594 g/mol. The van der Waals surface area contributed by atoms with Gasteiger partial charge in [0.1, 0.15) is 0 Å². The summed E-state index contributed by atoms with van der Waals surface area (Å²) in [5, 5.41) is 7.77. The quantitative estimate of drug-likeness (QED) is 0.322. The van der Waals surface area contributed by atoms with Crippen LogP contribution in [0.2, 0.25) is 0 Å². The van der Waals surface area contributed by atoms with Gasteiger partial charge in [0.25, 0.3) is 6.17 Å². The average Bonchev–Trinajstić information content (AvgIpc) is 2.56. The molecule has 216 valence electrons. The Morgan fingerprint density at radius 2 is 0.861 bits per heavy atom. The number of alkyl halides is 20. The molecular weight excluding hydrogens is 592 g/mol. The van der Waals surface area contributed by atoms with Crippen LogP contribution in [0.4, 0.5) is 87.8 Å². The molecule has 3 unspecified atom stereocenters. The summed E-state index contributed by atoms with van der Waals surface area (Å²) in [4.78, 5) is 9.96. The maximum Gasteiger partial charge on any atom is 0.459 e. The Labute approximate surface area is 180 Å². The van der Waals surface area contributed by atoms with Crippen molar-refractivity contribution in [3.8, 4) is 0 Å².